The van der Waals surface area contributed by atoms with Gasteiger partial charge in [-0.25, -0.2) is 0 Å². The highest BCUT2D eigenvalue weighted by atomic mass is 16.4. The van der Waals surface area contributed by atoms with Crippen LogP contribution in [0.3, 0.4) is 0 Å². The quantitative estimate of drug-likeness (QED) is 0.211. The lowest BCUT2D eigenvalue weighted by Gasteiger charge is -2.01. The van der Waals surface area contributed by atoms with Gasteiger partial charge < -0.3 is 10.1 Å². The topological polar surface area (TPSA) is 53.1 Å². The van der Waals surface area contributed by atoms with Crippen molar-refractivity contribution in [3.05, 3.63) is 48.2 Å². The standard InChI is InChI=1S/C26H39NO2/c28-26(29)21-15-13-11-9-7-5-3-1-2-4-6-8-10-12-14-19-24-22-23-18-16-17-20-25(23)27-24/h1,3,16-18,20,22,27H,2,4-15,19,21H2,(H,28,29)/b3-1-. The molecule has 0 saturated carbocycles. The number of carboxylic acids is 1. The van der Waals surface area contributed by atoms with Gasteiger partial charge in [0.1, 0.15) is 0 Å². The van der Waals surface area contributed by atoms with Crippen LogP contribution in [-0.4, -0.2) is 16.1 Å². The van der Waals surface area contributed by atoms with Crippen molar-refractivity contribution in [3.8, 4) is 0 Å². The number of carbonyl (C=O) groups is 1. The average Bonchev–Trinajstić information content (AvgIpc) is 3.13. The highest BCUT2D eigenvalue weighted by Gasteiger charge is 2.00. The van der Waals surface area contributed by atoms with Crippen molar-refractivity contribution >= 4 is 16.9 Å². The zero-order valence-electron chi connectivity index (χ0n) is 18.0. The molecule has 3 nitrogen and oxygen atoms in total. The molecule has 0 atom stereocenters. The van der Waals surface area contributed by atoms with Gasteiger partial charge in [0.05, 0.1) is 0 Å². The molecule has 2 rings (SSSR count). The predicted molar refractivity (Wildman–Crippen MR) is 123 cm³/mol. The van der Waals surface area contributed by atoms with Gasteiger partial charge in [0.15, 0.2) is 0 Å². The second-order valence-electron chi connectivity index (χ2n) is 8.21. The molecule has 2 aromatic rings. The fraction of sp³-hybridized carbons (Fsp3) is 0.577. The maximum Gasteiger partial charge on any atom is 0.303 e. The maximum absolute atomic E-state index is 10.4. The van der Waals surface area contributed by atoms with Gasteiger partial charge in [-0.05, 0) is 62.5 Å². The van der Waals surface area contributed by atoms with Crippen LogP contribution in [0, 0.1) is 0 Å². The van der Waals surface area contributed by atoms with Crippen LogP contribution in [0.1, 0.15) is 95.6 Å². The van der Waals surface area contributed by atoms with E-state index < -0.39 is 5.97 Å². The summed E-state index contributed by atoms with van der Waals surface area (Å²) in [6, 6.07) is 10.8. The molecule has 3 heteroatoms. The minimum Gasteiger partial charge on any atom is -0.481 e. The summed E-state index contributed by atoms with van der Waals surface area (Å²) in [5, 5.41) is 9.91. The summed E-state index contributed by atoms with van der Waals surface area (Å²) in [5.41, 5.74) is 2.63. The van der Waals surface area contributed by atoms with Crippen LogP contribution >= 0.6 is 0 Å². The maximum atomic E-state index is 10.4. The molecule has 0 aliphatic carbocycles. The van der Waals surface area contributed by atoms with Crippen LogP contribution in [0.5, 0.6) is 0 Å². The molecular formula is C26H39NO2. The molecule has 0 bridgehead atoms. The zero-order chi connectivity index (χ0) is 20.6. The first-order valence-corrected chi connectivity index (χ1v) is 11.7. The molecule has 0 spiro atoms. The van der Waals surface area contributed by atoms with E-state index in [1.54, 1.807) is 0 Å². The largest absolute Gasteiger partial charge is 0.481 e. The number of aliphatic carboxylic acids is 1. The van der Waals surface area contributed by atoms with Crippen molar-refractivity contribution in [1.82, 2.24) is 4.98 Å². The molecule has 0 unspecified atom stereocenters. The Balaban J connectivity index is 1.33. The number of fused-ring (bicyclic) bond motifs is 1. The van der Waals surface area contributed by atoms with E-state index in [-0.39, 0.29) is 0 Å². The Morgan fingerprint density at radius 3 is 2.03 bits per heavy atom. The lowest BCUT2D eigenvalue weighted by molar-refractivity contribution is -0.137. The Hall–Kier alpha value is -2.03. The Morgan fingerprint density at radius 2 is 1.38 bits per heavy atom. The van der Waals surface area contributed by atoms with Crippen LogP contribution in [0.4, 0.5) is 0 Å². The van der Waals surface area contributed by atoms with Crippen molar-refractivity contribution in [3.63, 3.8) is 0 Å². The Bertz CT molecular complexity index is 683. The number of hydrogen-bond acceptors (Lipinski definition) is 1. The van der Waals surface area contributed by atoms with Gasteiger partial charge in [0, 0.05) is 17.6 Å². The third kappa shape index (κ3) is 10.9. The molecule has 0 amide bonds. The smallest absolute Gasteiger partial charge is 0.303 e. The van der Waals surface area contributed by atoms with Crippen molar-refractivity contribution < 1.29 is 9.90 Å². The molecule has 29 heavy (non-hydrogen) atoms. The molecule has 0 saturated heterocycles. The van der Waals surface area contributed by atoms with Gasteiger partial charge in [-0.1, -0.05) is 75.3 Å². The number of benzene rings is 1. The van der Waals surface area contributed by atoms with E-state index >= 15 is 0 Å². The molecule has 0 aliphatic heterocycles. The fourth-order valence-electron chi connectivity index (χ4n) is 3.86. The molecule has 0 radical (unpaired) electrons. The van der Waals surface area contributed by atoms with E-state index in [9.17, 15) is 4.79 Å². The van der Waals surface area contributed by atoms with E-state index in [0.717, 1.165) is 19.3 Å². The van der Waals surface area contributed by atoms with Crippen LogP contribution < -0.4 is 0 Å². The summed E-state index contributed by atoms with van der Waals surface area (Å²) in [6.07, 6.45) is 22.0. The number of allylic oxidation sites excluding steroid dienone is 2. The normalized spacial score (nSPS) is 11.6. The molecule has 1 aromatic carbocycles. The number of aromatic amines is 1. The zero-order valence-corrected chi connectivity index (χ0v) is 18.0. The minimum absolute atomic E-state index is 0.323. The third-order valence-electron chi connectivity index (χ3n) is 5.58. The van der Waals surface area contributed by atoms with Gasteiger partial charge in [-0.3, -0.25) is 4.79 Å². The number of aryl methyl sites for hydroxylation is 1. The lowest BCUT2D eigenvalue weighted by atomic mass is 10.1. The fourth-order valence-corrected chi connectivity index (χ4v) is 3.86. The average molecular weight is 398 g/mol. The Kier molecular flexibility index (Phi) is 11.9. The summed E-state index contributed by atoms with van der Waals surface area (Å²) in [7, 11) is 0. The van der Waals surface area contributed by atoms with Gasteiger partial charge >= 0.3 is 5.97 Å². The molecule has 2 N–H and O–H groups in total. The summed E-state index contributed by atoms with van der Waals surface area (Å²) in [5.74, 6) is -0.668. The van der Waals surface area contributed by atoms with E-state index in [1.807, 2.05) is 0 Å². The number of H-pyrrole nitrogens is 1. The highest BCUT2D eigenvalue weighted by molar-refractivity contribution is 5.80. The molecule has 0 fully saturated rings. The van der Waals surface area contributed by atoms with Crippen LogP contribution in [0.2, 0.25) is 0 Å². The monoisotopic (exact) mass is 397 g/mol. The predicted octanol–water partition coefficient (Wildman–Crippen LogP) is 7.81. The van der Waals surface area contributed by atoms with E-state index in [0.29, 0.717) is 6.42 Å². The molecule has 0 aliphatic rings. The number of hydrogen-bond donors (Lipinski definition) is 2. The van der Waals surface area contributed by atoms with Gasteiger partial charge in [0.25, 0.3) is 0 Å². The van der Waals surface area contributed by atoms with E-state index in [1.165, 1.54) is 87.2 Å². The second-order valence-corrected chi connectivity index (χ2v) is 8.21. The summed E-state index contributed by atoms with van der Waals surface area (Å²) in [6.45, 7) is 0. The summed E-state index contributed by atoms with van der Waals surface area (Å²) < 4.78 is 0. The van der Waals surface area contributed by atoms with Crippen molar-refractivity contribution in [2.24, 2.45) is 0 Å². The molecular weight excluding hydrogens is 358 g/mol. The highest BCUT2D eigenvalue weighted by Crippen LogP contribution is 2.17. The first-order valence-electron chi connectivity index (χ1n) is 11.7. The minimum atomic E-state index is -0.668. The van der Waals surface area contributed by atoms with Gasteiger partial charge in [0.2, 0.25) is 0 Å². The van der Waals surface area contributed by atoms with Crippen molar-refractivity contribution in [2.75, 3.05) is 0 Å². The third-order valence-corrected chi connectivity index (χ3v) is 5.58. The van der Waals surface area contributed by atoms with Crippen LogP contribution in [0.15, 0.2) is 42.5 Å². The number of unbranched alkanes of at least 4 members (excludes halogenated alkanes) is 11. The van der Waals surface area contributed by atoms with E-state index in [2.05, 4.69) is 47.5 Å². The van der Waals surface area contributed by atoms with Crippen molar-refractivity contribution in [2.45, 2.75) is 96.3 Å². The van der Waals surface area contributed by atoms with Crippen LogP contribution in [0.25, 0.3) is 10.9 Å². The number of aromatic nitrogens is 1. The number of rotatable bonds is 17. The summed E-state index contributed by atoms with van der Waals surface area (Å²) >= 11 is 0. The molecule has 160 valence electrons. The second kappa shape index (κ2) is 14.9. The Labute approximate surface area is 176 Å². The van der Waals surface area contributed by atoms with Crippen LogP contribution in [-0.2, 0) is 11.2 Å². The first-order chi connectivity index (χ1) is 14.3. The van der Waals surface area contributed by atoms with Crippen molar-refractivity contribution in [1.29, 1.82) is 0 Å². The Morgan fingerprint density at radius 1 is 0.793 bits per heavy atom. The van der Waals surface area contributed by atoms with Gasteiger partial charge in [-0.2, -0.15) is 0 Å². The SMILES string of the molecule is O=C(O)CCCCCCC/C=C\CCCCCCCCc1cc2ccccc2[nH]1. The van der Waals surface area contributed by atoms with Gasteiger partial charge in [-0.15, -0.1) is 0 Å². The number of para-hydroxylation sites is 1. The summed E-state index contributed by atoms with van der Waals surface area (Å²) in [4.78, 5) is 13.9. The molecule has 1 aromatic heterocycles. The number of carboxylic acid groups (broad SMARTS) is 1. The lowest BCUT2D eigenvalue weighted by Crippen LogP contribution is -1.93. The van der Waals surface area contributed by atoms with E-state index in [4.69, 9.17) is 5.11 Å². The first kappa shape index (κ1) is 23.3. The molecule has 1 heterocycles. The number of nitrogens with one attached hydrogen (secondary N) is 1.